The molecule has 0 fully saturated rings. The predicted octanol–water partition coefficient (Wildman–Crippen LogP) is 3.87. The van der Waals surface area contributed by atoms with Crippen LogP contribution in [0.25, 0.3) is 0 Å². The molecule has 0 heterocycles. The third-order valence-electron chi connectivity index (χ3n) is 3.51. The normalized spacial score (nSPS) is 12.9. The minimum Gasteiger partial charge on any atom is -0.508 e. The second-order valence-electron chi connectivity index (χ2n) is 4.64. The Bertz CT molecular complexity index is 303. The standard InChI is InChI=1S/C15H25NO/c1-4-12(5-2)11-16-15(6-3)13-7-9-14(17)10-8-13/h7-10,12,15-17H,4-6,11H2,1-3H3. The van der Waals surface area contributed by atoms with E-state index in [-0.39, 0.29) is 0 Å². The molecule has 0 saturated heterocycles. The third-order valence-corrected chi connectivity index (χ3v) is 3.51. The zero-order chi connectivity index (χ0) is 12.7. The topological polar surface area (TPSA) is 32.3 Å². The van der Waals surface area contributed by atoms with Gasteiger partial charge in [-0.3, -0.25) is 0 Å². The Morgan fingerprint density at radius 2 is 1.59 bits per heavy atom. The van der Waals surface area contributed by atoms with Crippen LogP contribution in [0.3, 0.4) is 0 Å². The van der Waals surface area contributed by atoms with Gasteiger partial charge in [-0.1, -0.05) is 45.7 Å². The van der Waals surface area contributed by atoms with Crippen LogP contribution in [0.1, 0.15) is 51.6 Å². The number of nitrogens with one attached hydrogen (secondary N) is 1. The molecule has 1 aromatic carbocycles. The molecule has 0 amide bonds. The van der Waals surface area contributed by atoms with E-state index in [1.165, 1.54) is 18.4 Å². The maximum absolute atomic E-state index is 9.28. The van der Waals surface area contributed by atoms with Crippen LogP contribution in [-0.2, 0) is 0 Å². The number of benzene rings is 1. The summed E-state index contributed by atoms with van der Waals surface area (Å²) in [7, 11) is 0. The van der Waals surface area contributed by atoms with Gasteiger partial charge in [0.05, 0.1) is 0 Å². The fourth-order valence-electron chi connectivity index (χ4n) is 2.09. The molecule has 96 valence electrons. The maximum atomic E-state index is 9.28. The number of aromatic hydroxyl groups is 1. The van der Waals surface area contributed by atoms with E-state index < -0.39 is 0 Å². The van der Waals surface area contributed by atoms with Crippen LogP contribution in [0, 0.1) is 5.92 Å². The Labute approximate surface area is 105 Å². The van der Waals surface area contributed by atoms with Crippen molar-refractivity contribution in [2.75, 3.05) is 6.54 Å². The highest BCUT2D eigenvalue weighted by molar-refractivity contribution is 5.27. The summed E-state index contributed by atoms with van der Waals surface area (Å²) in [6.07, 6.45) is 3.54. The average molecular weight is 235 g/mol. The van der Waals surface area contributed by atoms with Crippen LogP contribution in [0.5, 0.6) is 5.75 Å². The second-order valence-corrected chi connectivity index (χ2v) is 4.64. The minimum atomic E-state index is 0.337. The average Bonchev–Trinajstić information content (AvgIpc) is 2.36. The Morgan fingerprint density at radius 1 is 1.00 bits per heavy atom. The van der Waals surface area contributed by atoms with Crippen molar-refractivity contribution in [1.29, 1.82) is 0 Å². The van der Waals surface area contributed by atoms with Crippen molar-refractivity contribution in [1.82, 2.24) is 5.32 Å². The fraction of sp³-hybridized carbons (Fsp3) is 0.600. The second kappa shape index (κ2) is 7.33. The highest BCUT2D eigenvalue weighted by Gasteiger charge is 2.10. The number of hydrogen-bond donors (Lipinski definition) is 2. The molecule has 0 bridgehead atoms. The molecule has 1 atom stereocenters. The molecule has 1 unspecified atom stereocenters. The first-order valence-electron chi connectivity index (χ1n) is 6.73. The van der Waals surface area contributed by atoms with Gasteiger partial charge in [0, 0.05) is 6.04 Å². The molecule has 0 aromatic heterocycles. The van der Waals surface area contributed by atoms with Crippen LogP contribution in [0.2, 0.25) is 0 Å². The number of phenols is 1. The van der Waals surface area contributed by atoms with E-state index in [1.807, 2.05) is 12.1 Å². The number of rotatable bonds is 7. The highest BCUT2D eigenvalue weighted by atomic mass is 16.3. The van der Waals surface area contributed by atoms with Crippen molar-refractivity contribution < 1.29 is 5.11 Å². The summed E-state index contributed by atoms with van der Waals surface area (Å²) in [5.74, 6) is 1.10. The first-order chi connectivity index (χ1) is 8.21. The SMILES string of the molecule is CCC(CC)CNC(CC)c1ccc(O)cc1. The molecule has 1 rings (SSSR count). The van der Waals surface area contributed by atoms with Crippen molar-refractivity contribution in [3.05, 3.63) is 29.8 Å². The summed E-state index contributed by atoms with van der Waals surface area (Å²) in [5.41, 5.74) is 1.26. The lowest BCUT2D eigenvalue weighted by Crippen LogP contribution is -2.26. The molecule has 17 heavy (non-hydrogen) atoms. The van der Waals surface area contributed by atoms with Gasteiger partial charge in [0.1, 0.15) is 5.75 Å². The summed E-state index contributed by atoms with van der Waals surface area (Å²) in [6, 6.07) is 7.93. The van der Waals surface area contributed by atoms with Gasteiger partial charge in [0.15, 0.2) is 0 Å². The first-order valence-corrected chi connectivity index (χ1v) is 6.73. The van der Waals surface area contributed by atoms with Gasteiger partial charge >= 0.3 is 0 Å². The third kappa shape index (κ3) is 4.39. The van der Waals surface area contributed by atoms with Gasteiger partial charge in [-0.2, -0.15) is 0 Å². The predicted molar refractivity (Wildman–Crippen MR) is 73.2 cm³/mol. The molecule has 0 aliphatic carbocycles. The van der Waals surface area contributed by atoms with Crippen LogP contribution in [-0.4, -0.2) is 11.7 Å². The van der Waals surface area contributed by atoms with Crippen molar-refractivity contribution in [3.8, 4) is 5.75 Å². The van der Waals surface area contributed by atoms with Crippen LogP contribution in [0.4, 0.5) is 0 Å². The Morgan fingerprint density at radius 3 is 2.06 bits per heavy atom. The number of hydrogen-bond acceptors (Lipinski definition) is 2. The molecule has 0 aliphatic rings. The zero-order valence-corrected chi connectivity index (χ0v) is 11.2. The van der Waals surface area contributed by atoms with Crippen LogP contribution in [0.15, 0.2) is 24.3 Å². The minimum absolute atomic E-state index is 0.337. The van der Waals surface area contributed by atoms with Crippen molar-refractivity contribution in [3.63, 3.8) is 0 Å². The molecule has 0 aliphatic heterocycles. The maximum Gasteiger partial charge on any atom is 0.115 e. The lowest BCUT2D eigenvalue weighted by molar-refractivity contribution is 0.406. The molecule has 1 aromatic rings. The van der Waals surface area contributed by atoms with E-state index >= 15 is 0 Å². The van der Waals surface area contributed by atoms with E-state index in [2.05, 4.69) is 26.1 Å². The molecule has 2 nitrogen and oxygen atoms in total. The quantitative estimate of drug-likeness (QED) is 0.752. The highest BCUT2D eigenvalue weighted by Crippen LogP contribution is 2.20. The van der Waals surface area contributed by atoms with Crippen molar-refractivity contribution in [2.45, 2.75) is 46.1 Å². The lowest BCUT2D eigenvalue weighted by atomic mass is 10.0. The van der Waals surface area contributed by atoms with Gasteiger partial charge in [-0.15, -0.1) is 0 Å². The Hall–Kier alpha value is -1.02. The zero-order valence-electron chi connectivity index (χ0n) is 11.2. The molecular weight excluding hydrogens is 210 g/mol. The van der Waals surface area contributed by atoms with Gasteiger partial charge < -0.3 is 10.4 Å². The van der Waals surface area contributed by atoms with Gasteiger partial charge in [-0.25, -0.2) is 0 Å². The van der Waals surface area contributed by atoms with Gasteiger partial charge in [-0.05, 0) is 36.6 Å². The van der Waals surface area contributed by atoms with Gasteiger partial charge in [0.2, 0.25) is 0 Å². The molecule has 0 saturated carbocycles. The smallest absolute Gasteiger partial charge is 0.115 e. The monoisotopic (exact) mass is 235 g/mol. The van der Waals surface area contributed by atoms with Crippen LogP contribution < -0.4 is 5.32 Å². The summed E-state index contributed by atoms with van der Waals surface area (Å²) >= 11 is 0. The van der Waals surface area contributed by atoms with Crippen molar-refractivity contribution in [2.24, 2.45) is 5.92 Å². The molecule has 0 radical (unpaired) electrons. The number of phenolic OH excluding ortho intramolecular Hbond substituents is 1. The fourth-order valence-corrected chi connectivity index (χ4v) is 2.09. The largest absolute Gasteiger partial charge is 0.508 e. The van der Waals surface area contributed by atoms with Crippen molar-refractivity contribution >= 4 is 0 Å². The molecule has 0 spiro atoms. The summed E-state index contributed by atoms with van der Waals surface area (Å²) in [5, 5.41) is 12.9. The van der Waals surface area contributed by atoms with E-state index in [9.17, 15) is 5.11 Å². The summed E-state index contributed by atoms with van der Waals surface area (Å²) in [4.78, 5) is 0. The molecular formula is C15H25NO. The van der Waals surface area contributed by atoms with Gasteiger partial charge in [0.25, 0.3) is 0 Å². The van der Waals surface area contributed by atoms with Crippen LogP contribution >= 0.6 is 0 Å². The van der Waals surface area contributed by atoms with E-state index in [4.69, 9.17) is 0 Å². The Kier molecular flexibility index (Phi) is 6.06. The summed E-state index contributed by atoms with van der Waals surface area (Å²) in [6.45, 7) is 7.76. The molecule has 2 heteroatoms. The molecule has 2 N–H and O–H groups in total. The summed E-state index contributed by atoms with van der Waals surface area (Å²) < 4.78 is 0. The van der Waals surface area contributed by atoms with E-state index in [0.29, 0.717) is 11.8 Å². The Balaban J connectivity index is 2.56. The van der Waals surface area contributed by atoms with E-state index in [0.717, 1.165) is 18.9 Å². The van der Waals surface area contributed by atoms with E-state index in [1.54, 1.807) is 12.1 Å². The first kappa shape index (κ1) is 14.0. The lowest BCUT2D eigenvalue weighted by Gasteiger charge is -2.21.